The minimum atomic E-state index is 1.25. The van der Waals surface area contributed by atoms with Crippen molar-refractivity contribution in [3.05, 3.63) is 0 Å². The van der Waals surface area contributed by atoms with Crippen LogP contribution in [0.4, 0.5) is 0 Å². The summed E-state index contributed by atoms with van der Waals surface area (Å²) in [6, 6.07) is 0. The van der Waals surface area contributed by atoms with Crippen molar-refractivity contribution in [1.82, 2.24) is 4.55 Å². The van der Waals surface area contributed by atoms with Crippen molar-refractivity contribution in [3.63, 3.8) is 0 Å². The maximum Gasteiger partial charge on any atom is 0.188 e. The van der Waals surface area contributed by atoms with Crippen LogP contribution < -0.4 is 0 Å². The van der Waals surface area contributed by atoms with E-state index in [-0.39, 0.29) is 0 Å². The number of aromatic nitrogens is 1. The molecule has 1 aliphatic carbocycles. The van der Waals surface area contributed by atoms with E-state index in [9.17, 15) is 0 Å². The molecule has 0 unspecified atom stereocenters. The number of rotatable bonds is 0. The van der Waals surface area contributed by atoms with Gasteiger partial charge in [0.25, 0.3) is 0 Å². The Morgan fingerprint density at radius 1 is 1.33 bits per heavy atom. The molecule has 1 heterocycles. The molecule has 1 fully saturated rings. The zero-order valence-corrected chi connectivity index (χ0v) is 4.25. The summed E-state index contributed by atoms with van der Waals surface area (Å²) in [5, 5.41) is 0. The molecule has 2 rings (SSSR count). The van der Waals surface area contributed by atoms with Gasteiger partial charge in [-0.15, -0.1) is 4.55 Å². The standard InChI is InChI=1S/C3H6.HNOS/c2*1-2-3-1/h1-3H2;1H. The van der Waals surface area contributed by atoms with E-state index >= 15 is 0 Å². The Labute approximate surface area is 40.5 Å². The van der Waals surface area contributed by atoms with Gasteiger partial charge in [0.2, 0.25) is 0 Å². The van der Waals surface area contributed by atoms with Gasteiger partial charge in [-0.2, -0.15) is 0 Å². The second-order valence-electron chi connectivity index (χ2n) is 1.31. The van der Waals surface area contributed by atoms with Crippen LogP contribution in [-0.2, 0) is 0 Å². The van der Waals surface area contributed by atoms with Gasteiger partial charge in [-0.25, -0.2) is 0 Å². The molecule has 0 bridgehead atoms. The number of nitrogens with one attached hydrogen (secondary N) is 1. The smallest absolute Gasteiger partial charge is 0.188 e. The highest BCUT2D eigenvalue weighted by Crippen LogP contribution is 2.14. The van der Waals surface area contributed by atoms with Gasteiger partial charge in [-0.3, -0.25) is 3.96 Å². The van der Waals surface area contributed by atoms with Gasteiger partial charge >= 0.3 is 0 Å². The molecule has 2 nitrogen and oxygen atoms in total. The molecule has 0 aliphatic heterocycles. The largest absolute Gasteiger partial charge is 0.289 e. The quantitative estimate of drug-likeness (QED) is 0.536. The topological polar surface area (TPSA) is 28.9 Å². The second kappa shape index (κ2) is 2.08. The molecule has 3 heteroatoms. The molecule has 1 aromatic rings. The zero-order valence-electron chi connectivity index (χ0n) is 3.44. The fourth-order valence-corrected chi connectivity index (χ4v) is 0. The Hall–Kier alpha value is -0.180. The van der Waals surface area contributed by atoms with Crippen LogP contribution in [0.1, 0.15) is 19.3 Å². The van der Waals surface area contributed by atoms with Crippen molar-refractivity contribution in [1.29, 1.82) is 0 Å². The van der Waals surface area contributed by atoms with Gasteiger partial charge in [0.05, 0.1) is 0 Å². The fourth-order valence-electron chi connectivity index (χ4n) is 0. The number of aromatic amines is 1. The summed E-state index contributed by atoms with van der Waals surface area (Å²) in [5.41, 5.74) is 0. The van der Waals surface area contributed by atoms with E-state index in [1.807, 2.05) is 0 Å². The summed E-state index contributed by atoms with van der Waals surface area (Å²) < 4.78 is 6.58. The Morgan fingerprint density at radius 3 is 1.67 bits per heavy atom. The Morgan fingerprint density at radius 2 is 1.67 bits per heavy atom. The van der Waals surface area contributed by atoms with Crippen LogP contribution in [0.25, 0.3) is 0 Å². The summed E-state index contributed by atoms with van der Waals surface area (Å²) >= 11 is 1.25. The van der Waals surface area contributed by atoms with Crippen LogP contribution in [0, 0.1) is 0 Å². The summed E-state index contributed by atoms with van der Waals surface area (Å²) in [5.74, 6) is 0. The van der Waals surface area contributed by atoms with Crippen LogP contribution in [-0.4, -0.2) is 4.55 Å². The zero-order chi connectivity index (χ0) is 4.24. The lowest BCUT2D eigenvalue weighted by atomic mass is 11.0. The van der Waals surface area contributed by atoms with Gasteiger partial charge in [-0.1, -0.05) is 19.3 Å². The first-order valence-electron chi connectivity index (χ1n) is 2.07. The summed E-state index contributed by atoms with van der Waals surface area (Å²) in [4.78, 5) is 0. The fraction of sp³-hybridized carbons (Fsp3) is 1.00. The molecule has 1 saturated carbocycles. The molecule has 6 heavy (non-hydrogen) atoms. The molecule has 1 aliphatic rings. The molecule has 0 radical (unpaired) electrons. The molecular weight excluding hydrogens is 98.1 g/mol. The third-order valence-corrected chi connectivity index (χ3v) is 0.604. The first kappa shape index (κ1) is 3.99. The molecular formula is C3H7NOS. The lowest BCUT2D eigenvalue weighted by Gasteiger charge is -1.05. The Bertz CT molecular complexity index is 62.1. The second-order valence-corrected chi connectivity index (χ2v) is 1.81. The molecule has 36 valence electrons. The lowest BCUT2D eigenvalue weighted by molar-refractivity contribution is 0.629. The number of hydrogen-bond donors (Lipinski definition) is 1. The van der Waals surface area contributed by atoms with E-state index in [2.05, 4.69) is 8.50 Å². The molecule has 0 amide bonds. The summed E-state index contributed by atoms with van der Waals surface area (Å²) in [7, 11) is 0. The first-order valence-corrected chi connectivity index (χ1v) is 2.82. The van der Waals surface area contributed by atoms with Gasteiger partial charge < -0.3 is 0 Å². The van der Waals surface area contributed by atoms with Crippen LogP contribution in [0.5, 0.6) is 0 Å². The van der Waals surface area contributed by atoms with Crippen molar-refractivity contribution >= 4 is 11.8 Å². The monoisotopic (exact) mass is 105 g/mol. The van der Waals surface area contributed by atoms with Crippen LogP contribution in [0.15, 0.2) is 3.96 Å². The molecule has 0 spiro atoms. The average Bonchev–Trinajstić information content (AvgIpc) is 2.31. The van der Waals surface area contributed by atoms with Crippen molar-refractivity contribution in [2.24, 2.45) is 0 Å². The highest BCUT2D eigenvalue weighted by atomic mass is 32.1. The predicted octanol–water partition coefficient (Wildman–Crippen LogP) is 1.84. The van der Waals surface area contributed by atoms with Gasteiger partial charge in [-0.05, 0) is 0 Å². The highest BCUT2D eigenvalue weighted by molar-refractivity contribution is 6.99. The minimum absolute atomic E-state index is 1.25. The summed E-state index contributed by atoms with van der Waals surface area (Å²) in [6.45, 7) is 0. The molecule has 1 N–H and O–H groups in total. The molecule has 0 atom stereocenters. The maximum atomic E-state index is 4.17. The molecule has 1 aromatic heterocycles. The third-order valence-electron chi connectivity index (χ3n) is 0.437. The van der Waals surface area contributed by atoms with E-state index in [0.717, 1.165) is 0 Å². The average molecular weight is 105 g/mol. The normalized spacial score (nSPS) is 16.0. The first-order chi connectivity index (χ1) is 3.00. The van der Waals surface area contributed by atoms with Crippen molar-refractivity contribution in [2.75, 3.05) is 0 Å². The van der Waals surface area contributed by atoms with Gasteiger partial charge in [0.15, 0.2) is 11.8 Å². The maximum absolute atomic E-state index is 4.17. The number of hydrogen-bond acceptors (Lipinski definition) is 2. The Kier molecular flexibility index (Phi) is 1.38. The van der Waals surface area contributed by atoms with E-state index in [1.165, 1.54) is 31.1 Å². The lowest BCUT2D eigenvalue weighted by Crippen LogP contribution is -0.967. The molecule has 0 saturated heterocycles. The van der Waals surface area contributed by atoms with E-state index in [4.69, 9.17) is 0 Å². The van der Waals surface area contributed by atoms with Crippen molar-refractivity contribution in [3.8, 4) is 0 Å². The predicted molar refractivity (Wildman–Crippen MR) is 24.8 cm³/mol. The number of H-pyrrole nitrogens is 1. The SMILES string of the molecule is C1CC1.[nH]1os1. The van der Waals surface area contributed by atoms with E-state index in [1.54, 1.807) is 0 Å². The van der Waals surface area contributed by atoms with Crippen LogP contribution in [0.3, 0.4) is 0 Å². The van der Waals surface area contributed by atoms with Gasteiger partial charge in [0, 0.05) is 0 Å². The Balaban J connectivity index is 0.0000000600. The highest BCUT2D eigenvalue weighted by Gasteiger charge is 1.95. The van der Waals surface area contributed by atoms with Crippen LogP contribution >= 0.6 is 11.8 Å². The van der Waals surface area contributed by atoms with Gasteiger partial charge in [0.1, 0.15) is 0 Å². The van der Waals surface area contributed by atoms with Crippen molar-refractivity contribution in [2.45, 2.75) is 19.3 Å². The minimum Gasteiger partial charge on any atom is -0.289 e. The van der Waals surface area contributed by atoms with Crippen molar-refractivity contribution < 1.29 is 3.96 Å². The third kappa shape index (κ3) is 9.17. The summed E-state index contributed by atoms with van der Waals surface area (Å²) in [6.07, 6.45) is 4.50. The van der Waals surface area contributed by atoms with Crippen LogP contribution in [0.2, 0.25) is 0 Å². The van der Waals surface area contributed by atoms with E-state index < -0.39 is 0 Å². The molecule has 0 aromatic carbocycles. The van der Waals surface area contributed by atoms with E-state index in [0.29, 0.717) is 0 Å².